The van der Waals surface area contributed by atoms with Crippen LogP contribution in [0.4, 0.5) is 0 Å². The Labute approximate surface area is 190 Å². The van der Waals surface area contributed by atoms with Crippen LogP contribution < -0.4 is 0 Å². The molecule has 3 heterocycles. The van der Waals surface area contributed by atoms with Crippen molar-refractivity contribution < 1.29 is 24.5 Å². The third kappa shape index (κ3) is 3.01. The molecule has 3 aliphatic rings. The van der Waals surface area contributed by atoms with Gasteiger partial charge in [-0.15, -0.1) is 0 Å². The first-order valence-corrected chi connectivity index (χ1v) is 11.5. The molecule has 8 heteroatoms. The molecule has 0 spiro atoms. The number of nitrogens with zero attached hydrogens (tertiary/aromatic N) is 2. The molecule has 2 aromatic carbocycles. The lowest BCUT2D eigenvalue weighted by molar-refractivity contribution is -0.163. The molecule has 32 heavy (non-hydrogen) atoms. The molecule has 5 rings (SSSR count). The zero-order valence-electron chi connectivity index (χ0n) is 18.2. The highest BCUT2D eigenvalue weighted by Gasteiger charge is 2.60. The van der Waals surface area contributed by atoms with Gasteiger partial charge in [-0.3, -0.25) is 4.79 Å². The highest BCUT2D eigenvalue weighted by molar-refractivity contribution is 7.97. The number of hydrogen-bond acceptors (Lipinski definition) is 7. The number of carbonyl (C=O) groups excluding carboxylic acids is 2. The van der Waals surface area contributed by atoms with Crippen molar-refractivity contribution in [1.82, 2.24) is 9.21 Å². The molecule has 2 aromatic rings. The van der Waals surface area contributed by atoms with Crippen molar-refractivity contribution in [2.24, 2.45) is 11.8 Å². The second-order valence-electron chi connectivity index (χ2n) is 8.74. The SMILES string of the molecule is COC(=O)C1=C(CN2Cc3cc(CO)c4ccccc4c3S2)C(C)C2C(C(C)O)C(=O)N12. The van der Waals surface area contributed by atoms with Crippen molar-refractivity contribution in [2.75, 3.05) is 13.7 Å². The molecule has 0 bridgehead atoms. The van der Waals surface area contributed by atoms with Gasteiger partial charge in [0, 0.05) is 23.9 Å². The Balaban J connectivity index is 1.48. The standard InChI is InChI=1S/C24H26N2O5S/c1-12-18(21(24(30)31-3)26-20(12)19(13(2)28)23(26)29)10-25-9-14-8-15(11-27)16-6-4-5-7-17(16)22(14)32-25/h4-8,12-13,19-20,27-28H,9-11H2,1-3H3. The molecule has 0 saturated carbocycles. The fourth-order valence-electron chi connectivity index (χ4n) is 5.41. The number of benzene rings is 2. The summed E-state index contributed by atoms with van der Waals surface area (Å²) in [6.45, 7) is 4.78. The van der Waals surface area contributed by atoms with Crippen molar-refractivity contribution in [2.45, 2.75) is 44.0 Å². The van der Waals surface area contributed by atoms with Gasteiger partial charge in [0.1, 0.15) is 5.70 Å². The van der Waals surface area contributed by atoms with E-state index in [2.05, 4.69) is 16.4 Å². The highest BCUT2D eigenvalue weighted by Crippen LogP contribution is 2.49. The zero-order chi connectivity index (χ0) is 22.7. The summed E-state index contributed by atoms with van der Waals surface area (Å²) in [5, 5.41) is 22.1. The van der Waals surface area contributed by atoms with E-state index in [0.717, 1.165) is 32.4 Å². The molecule has 1 saturated heterocycles. The van der Waals surface area contributed by atoms with Gasteiger partial charge in [-0.05, 0) is 46.3 Å². The van der Waals surface area contributed by atoms with Crippen LogP contribution in [0.25, 0.3) is 10.8 Å². The third-order valence-corrected chi connectivity index (χ3v) is 8.12. The topological polar surface area (TPSA) is 90.3 Å². The van der Waals surface area contributed by atoms with Crippen LogP contribution in [0.5, 0.6) is 0 Å². The highest BCUT2D eigenvalue weighted by atomic mass is 32.2. The van der Waals surface area contributed by atoms with Crippen LogP contribution >= 0.6 is 11.9 Å². The van der Waals surface area contributed by atoms with E-state index in [1.165, 1.54) is 12.0 Å². The quantitative estimate of drug-likeness (QED) is 0.407. The molecule has 0 aliphatic carbocycles. The average molecular weight is 455 g/mol. The van der Waals surface area contributed by atoms with E-state index < -0.39 is 18.0 Å². The Morgan fingerprint density at radius 2 is 2.03 bits per heavy atom. The Kier molecular flexibility index (Phi) is 5.28. The van der Waals surface area contributed by atoms with Crippen LogP contribution in [0, 0.1) is 11.8 Å². The number of esters is 1. The fraction of sp³-hybridized carbons (Fsp3) is 0.417. The second-order valence-corrected chi connectivity index (χ2v) is 9.84. The summed E-state index contributed by atoms with van der Waals surface area (Å²) in [5.41, 5.74) is 3.24. The molecular formula is C24H26N2O5S. The minimum atomic E-state index is -0.766. The molecule has 7 nitrogen and oxygen atoms in total. The van der Waals surface area contributed by atoms with Gasteiger partial charge < -0.3 is 19.8 Å². The average Bonchev–Trinajstić information content (AvgIpc) is 3.29. The fourth-order valence-corrected chi connectivity index (χ4v) is 6.60. The van der Waals surface area contributed by atoms with E-state index in [-0.39, 0.29) is 24.5 Å². The first-order valence-electron chi connectivity index (χ1n) is 10.8. The largest absolute Gasteiger partial charge is 0.464 e. The predicted molar refractivity (Wildman–Crippen MR) is 120 cm³/mol. The molecule has 0 radical (unpaired) electrons. The van der Waals surface area contributed by atoms with Gasteiger partial charge in [-0.1, -0.05) is 37.3 Å². The smallest absolute Gasteiger partial charge is 0.354 e. The number of aliphatic hydroxyl groups excluding tert-OH is 2. The third-order valence-electron chi connectivity index (χ3n) is 6.94. The minimum Gasteiger partial charge on any atom is -0.464 e. The lowest BCUT2D eigenvalue weighted by atomic mass is 9.78. The van der Waals surface area contributed by atoms with Crippen molar-refractivity contribution in [1.29, 1.82) is 0 Å². The monoisotopic (exact) mass is 454 g/mol. The maximum Gasteiger partial charge on any atom is 0.354 e. The van der Waals surface area contributed by atoms with Crippen LogP contribution in [-0.4, -0.2) is 57.1 Å². The van der Waals surface area contributed by atoms with Gasteiger partial charge in [0.25, 0.3) is 0 Å². The van der Waals surface area contributed by atoms with E-state index in [9.17, 15) is 19.8 Å². The summed E-state index contributed by atoms with van der Waals surface area (Å²) >= 11 is 1.64. The molecule has 4 atom stereocenters. The number of aliphatic hydroxyl groups is 2. The van der Waals surface area contributed by atoms with Gasteiger partial charge in [-0.25, -0.2) is 9.10 Å². The Bertz CT molecular complexity index is 1160. The molecule has 1 amide bonds. The number of rotatable bonds is 5. The van der Waals surface area contributed by atoms with Crippen LogP contribution in [0.15, 0.2) is 46.5 Å². The van der Waals surface area contributed by atoms with Gasteiger partial charge >= 0.3 is 5.97 Å². The van der Waals surface area contributed by atoms with Crippen LogP contribution in [0.1, 0.15) is 25.0 Å². The van der Waals surface area contributed by atoms with Crippen LogP contribution in [-0.2, 0) is 27.5 Å². The minimum absolute atomic E-state index is 0.0212. The molecular weight excluding hydrogens is 428 g/mol. The van der Waals surface area contributed by atoms with Gasteiger partial charge in [0.2, 0.25) is 5.91 Å². The number of fused-ring (bicyclic) bond motifs is 4. The summed E-state index contributed by atoms with van der Waals surface area (Å²) in [6, 6.07) is 9.89. The number of β-lactam (4-membered cyclic amide) rings is 1. The second kappa shape index (κ2) is 7.88. The van der Waals surface area contributed by atoms with Crippen LogP contribution in [0.3, 0.4) is 0 Å². The number of carbonyl (C=O) groups is 2. The number of methoxy groups -OCH3 is 1. The molecule has 1 fully saturated rings. The lowest BCUT2D eigenvalue weighted by Crippen LogP contribution is -2.63. The first-order chi connectivity index (χ1) is 15.4. The number of ether oxygens (including phenoxy) is 1. The molecule has 168 valence electrons. The summed E-state index contributed by atoms with van der Waals surface area (Å²) in [6.07, 6.45) is -0.766. The van der Waals surface area contributed by atoms with E-state index in [0.29, 0.717) is 18.8 Å². The first kappa shape index (κ1) is 21.5. The normalized spacial score (nSPS) is 25.7. The van der Waals surface area contributed by atoms with E-state index in [1.807, 2.05) is 25.1 Å². The van der Waals surface area contributed by atoms with Crippen LogP contribution in [0.2, 0.25) is 0 Å². The Morgan fingerprint density at radius 1 is 1.31 bits per heavy atom. The van der Waals surface area contributed by atoms with Crippen molar-refractivity contribution in [3.8, 4) is 0 Å². The zero-order valence-corrected chi connectivity index (χ0v) is 19.1. The molecule has 4 unspecified atom stereocenters. The summed E-state index contributed by atoms with van der Waals surface area (Å²) in [5.74, 6) is -1.29. The summed E-state index contributed by atoms with van der Waals surface area (Å²) in [7, 11) is 1.32. The van der Waals surface area contributed by atoms with Crippen molar-refractivity contribution in [3.63, 3.8) is 0 Å². The van der Waals surface area contributed by atoms with Crippen molar-refractivity contribution >= 4 is 34.6 Å². The van der Waals surface area contributed by atoms with Gasteiger partial charge in [-0.2, -0.15) is 0 Å². The summed E-state index contributed by atoms with van der Waals surface area (Å²) < 4.78 is 7.20. The van der Waals surface area contributed by atoms with Crippen molar-refractivity contribution in [3.05, 3.63) is 52.7 Å². The maximum atomic E-state index is 12.7. The number of hydrogen-bond donors (Lipinski definition) is 2. The Morgan fingerprint density at radius 3 is 2.69 bits per heavy atom. The maximum absolute atomic E-state index is 12.7. The van der Waals surface area contributed by atoms with E-state index >= 15 is 0 Å². The van der Waals surface area contributed by atoms with E-state index in [1.54, 1.807) is 18.9 Å². The predicted octanol–water partition coefficient (Wildman–Crippen LogP) is 2.44. The summed E-state index contributed by atoms with van der Waals surface area (Å²) in [4.78, 5) is 28.0. The van der Waals surface area contributed by atoms with E-state index in [4.69, 9.17) is 4.74 Å². The van der Waals surface area contributed by atoms with Gasteiger partial charge in [0.05, 0.1) is 31.8 Å². The Hall–Kier alpha value is -2.39. The molecule has 0 aromatic heterocycles. The number of amides is 1. The molecule has 2 N–H and O–H groups in total. The lowest BCUT2D eigenvalue weighted by Gasteiger charge is -2.46. The molecule has 3 aliphatic heterocycles. The van der Waals surface area contributed by atoms with Gasteiger partial charge in [0.15, 0.2) is 0 Å².